The quantitative estimate of drug-likeness (QED) is 0.817. The summed E-state index contributed by atoms with van der Waals surface area (Å²) >= 11 is 0. The Morgan fingerprint density at radius 1 is 1.07 bits per heavy atom. The molecule has 0 N–H and O–H groups in total. The molecule has 0 bridgehead atoms. The lowest BCUT2D eigenvalue weighted by Crippen LogP contribution is -2.49. The first-order valence-corrected chi connectivity index (χ1v) is 10.4. The standard InChI is InChI=1S/C22H31N5O/c1-4-7-24-8-9-27-15-19(23-21(27)16-24)22(28)26-12-10-25(11-13-26)20-14-17(2)5-6-18(20)3/h5-6,14-15H,4,7-13,16H2,1-3H3. The number of carbonyl (C=O) groups excluding carboxylic acids is 1. The molecule has 0 atom stereocenters. The second-order valence-electron chi connectivity index (χ2n) is 8.08. The number of piperazine rings is 1. The van der Waals surface area contributed by atoms with Gasteiger partial charge in [0, 0.05) is 51.2 Å². The summed E-state index contributed by atoms with van der Waals surface area (Å²) in [6.45, 7) is 13.6. The fraction of sp³-hybridized carbons (Fsp3) is 0.545. The van der Waals surface area contributed by atoms with Gasteiger partial charge in [-0.15, -0.1) is 0 Å². The predicted octanol–water partition coefficient (Wildman–Crippen LogP) is 2.69. The van der Waals surface area contributed by atoms with Gasteiger partial charge in [-0.25, -0.2) is 4.98 Å². The number of aryl methyl sites for hydroxylation is 2. The molecule has 28 heavy (non-hydrogen) atoms. The first kappa shape index (κ1) is 19.0. The van der Waals surface area contributed by atoms with Crippen molar-refractivity contribution in [2.45, 2.75) is 40.3 Å². The molecule has 2 aliphatic heterocycles. The number of anilines is 1. The summed E-state index contributed by atoms with van der Waals surface area (Å²) in [5.41, 5.74) is 4.47. The van der Waals surface area contributed by atoms with E-state index in [4.69, 9.17) is 0 Å². The zero-order valence-electron chi connectivity index (χ0n) is 17.3. The number of hydrogen-bond donors (Lipinski definition) is 0. The van der Waals surface area contributed by atoms with Crippen molar-refractivity contribution in [3.63, 3.8) is 0 Å². The highest BCUT2D eigenvalue weighted by molar-refractivity contribution is 5.92. The molecule has 0 saturated carbocycles. The molecular formula is C22H31N5O. The van der Waals surface area contributed by atoms with Gasteiger partial charge in [-0.1, -0.05) is 19.1 Å². The average molecular weight is 382 g/mol. The van der Waals surface area contributed by atoms with Crippen LogP contribution in [-0.4, -0.2) is 64.5 Å². The summed E-state index contributed by atoms with van der Waals surface area (Å²) in [6.07, 6.45) is 3.11. The SMILES string of the molecule is CCCN1CCn2cc(C(=O)N3CCN(c4cc(C)ccc4C)CC3)nc2C1. The monoisotopic (exact) mass is 381 g/mol. The van der Waals surface area contributed by atoms with Crippen LogP contribution in [0.1, 0.15) is 40.8 Å². The smallest absolute Gasteiger partial charge is 0.274 e. The molecule has 1 amide bonds. The van der Waals surface area contributed by atoms with Crippen molar-refractivity contribution in [3.8, 4) is 0 Å². The molecule has 150 valence electrons. The maximum atomic E-state index is 13.0. The van der Waals surface area contributed by atoms with Gasteiger partial charge in [-0.3, -0.25) is 9.69 Å². The lowest BCUT2D eigenvalue weighted by Gasteiger charge is -2.36. The maximum Gasteiger partial charge on any atom is 0.274 e. The van der Waals surface area contributed by atoms with E-state index in [0.717, 1.165) is 64.6 Å². The normalized spacial score (nSPS) is 17.7. The second-order valence-corrected chi connectivity index (χ2v) is 8.08. The fourth-order valence-electron chi connectivity index (χ4n) is 4.28. The molecule has 0 aliphatic carbocycles. The summed E-state index contributed by atoms with van der Waals surface area (Å²) in [5, 5.41) is 0. The number of amides is 1. The maximum absolute atomic E-state index is 13.0. The summed E-state index contributed by atoms with van der Waals surface area (Å²) < 4.78 is 2.16. The Morgan fingerprint density at radius 2 is 1.86 bits per heavy atom. The third-order valence-corrected chi connectivity index (χ3v) is 5.91. The average Bonchev–Trinajstić information content (AvgIpc) is 3.13. The minimum Gasteiger partial charge on any atom is -0.368 e. The van der Waals surface area contributed by atoms with Crippen molar-refractivity contribution in [2.24, 2.45) is 0 Å². The number of carbonyl (C=O) groups is 1. The van der Waals surface area contributed by atoms with Crippen LogP contribution in [0.3, 0.4) is 0 Å². The molecule has 2 aromatic rings. The first-order chi connectivity index (χ1) is 13.5. The van der Waals surface area contributed by atoms with Gasteiger partial charge in [0.1, 0.15) is 11.5 Å². The van der Waals surface area contributed by atoms with E-state index >= 15 is 0 Å². The number of nitrogens with zero attached hydrogens (tertiary/aromatic N) is 5. The molecule has 0 radical (unpaired) electrons. The van der Waals surface area contributed by atoms with E-state index in [1.54, 1.807) is 0 Å². The first-order valence-electron chi connectivity index (χ1n) is 10.4. The van der Waals surface area contributed by atoms with E-state index in [9.17, 15) is 4.79 Å². The molecule has 3 heterocycles. The van der Waals surface area contributed by atoms with E-state index in [1.165, 1.54) is 16.8 Å². The molecule has 4 rings (SSSR count). The van der Waals surface area contributed by atoms with Gasteiger partial charge in [-0.2, -0.15) is 0 Å². The third kappa shape index (κ3) is 3.78. The Kier molecular flexibility index (Phi) is 5.40. The summed E-state index contributed by atoms with van der Waals surface area (Å²) in [4.78, 5) is 24.5. The van der Waals surface area contributed by atoms with Gasteiger partial charge >= 0.3 is 0 Å². The summed E-state index contributed by atoms with van der Waals surface area (Å²) in [5.74, 6) is 1.10. The number of aromatic nitrogens is 2. The van der Waals surface area contributed by atoms with Crippen molar-refractivity contribution in [1.29, 1.82) is 0 Å². The van der Waals surface area contributed by atoms with Gasteiger partial charge in [0.25, 0.3) is 5.91 Å². The van der Waals surface area contributed by atoms with Crippen molar-refractivity contribution in [1.82, 2.24) is 19.4 Å². The van der Waals surface area contributed by atoms with Crippen LogP contribution in [0.2, 0.25) is 0 Å². The number of benzene rings is 1. The molecule has 2 aliphatic rings. The molecule has 1 aromatic heterocycles. The van der Waals surface area contributed by atoms with Crippen molar-refractivity contribution >= 4 is 11.6 Å². The molecular weight excluding hydrogens is 350 g/mol. The molecule has 1 aromatic carbocycles. The Balaban J connectivity index is 1.40. The third-order valence-electron chi connectivity index (χ3n) is 5.91. The van der Waals surface area contributed by atoms with Crippen LogP contribution in [0.25, 0.3) is 0 Å². The van der Waals surface area contributed by atoms with Crippen molar-refractivity contribution in [2.75, 3.05) is 44.2 Å². The minimum atomic E-state index is 0.0737. The zero-order valence-corrected chi connectivity index (χ0v) is 17.3. The van der Waals surface area contributed by atoms with Crippen LogP contribution in [0.15, 0.2) is 24.4 Å². The molecule has 1 fully saturated rings. The Bertz CT molecular complexity index is 851. The van der Waals surface area contributed by atoms with E-state index < -0.39 is 0 Å². The minimum absolute atomic E-state index is 0.0737. The van der Waals surface area contributed by atoms with Gasteiger partial charge in [0.05, 0.1) is 6.54 Å². The van der Waals surface area contributed by atoms with Crippen LogP contribution in [0.4, 0.5) is 5.69 Å². The van der Waals surface area contributed by atoms with E-state index in [-0.39, 0.29) is 5.91 Å². The Labute approximate surface area is 167 Å². The Hall–Kier alpha value is -2.34. The zero-order chi connectivity index (χ0) is 19.7. The number of rotatable bonds is 4. The van der Waals surface area contributed by atoms with Gasteiger partial charge in [-0.05, 0) is 44.0 Å². The van der Waals surface area contributed by atoms with E-state index in [0.29, 0.717) is 5.69 Å². The van der Waals surface area contributed by atoms with Crippen LogP contribution >= 0.6 is 0 Å². The highest BCUT2D eigenvalue weighted by atomic mass is 16.2. The highest BCUT2D eigenvalue weighted by Crippen LogP contribution is 2.23. The van der Waals surface area contributed by atoms with E-state index in [2.05, 4.69) is 58.3 Å². The number of imidazole rings is 1. The molecule has 6 nitrogen and oxygen atoms in total. The Morgan fingerprint density at radius 3 is 2.61 bits per heavy atom. The summed E-state index contributed by atoms with van der Waals surface area (Å²) in [7, 11) is 0. The molecule has 0 spiro atoms. The predicted molar refractivity (Wildman–Crippen MR) is 112 cm³/mol. The van der Waals surface area contributed by atoms with Crippen LogP contribution in [-0.2, 0) is 13.1 Å². The molecule has 6 heteroatoms. The highest BCUT2D eigenvalue weighted by Gasteiger charge is 2.26. The molecule has 0 unspecified atom stereocenters. The van der Waals surface area contributed by atoms with Crippen LogP contribution in [0, 0.1) is 13.8 Å². The van der Waals surface area contributed by atoms with Gasteiger partial charge in [0.2, 0.25) is 0 Å². The second kappa shape index (κ2) is 7.95. The van der Waals surface area contributed by atoms with Crippen LogP contribution < -0.4 is 4.90 Å². The number of hydrogen-bond acceptors (Lipinski definition) is 4. The largest absolute Gasteiger partial charge is 0.368 e. The summed E-state index contributed by atoms with van der Waals surface area (Å²) in [6, 6.07) is 6.58. The van der Waals surface area contributed by atoms with Gasteiger partial charge in [0.15, 0.2) is 0 Å². The lowest BCUT2D eigenvalue weighted by molar-refractivity contribution is 0.0741. The fourth-order valence-corrected chi connectivity index (χ4v) is 4.28. The van der Waals surface area contributed by atoms with Crippen LogP contribution in [0.5, 0.6) is 0 Å². The molecule has 1 saturated heterocycles. The van der Waals surface area contributed by atoms with Gasteiger partial charge < -0.3 is 14.4 Å². The topological polar surface area (TPSA) is 44.6 Å². The van der Waals surface area contributed by atoms with Crippen molar-refractivity contribution in [3.05, 3.63) is 47.0 Å². The van der Waals surface area contributed by atoms with Crippen molar-refractivity contribution < 1.29 is 4.79 Å². The number of fused-ring (bicyclic) bond motifs is 1. The van der Waals surface area contributed by atoms with E-state index in [1.807, 2.05) is 11.1 Å². The lowest BCUT2D eigenvalue weighted by atomic mass is 10.1.